The first-order valence-corrected chi connectivity index (χ1v) is 16.6. The van der Waals surface area contributed by atoms with Crippen LogP contribution in [-0.2, 0) is 19.1 Å². The number of esters is 2. The number of hydrogen-bond donors (Lipinski definition) is 0. The SMILES string of the molecule is CCCCCC/C=C\COC(=O)CCCCCCCN(F)CCCCCCCC(=O)OC/C=C\CCCCCC. The van der Waals surface area contributed by atoms with Gasteiger partial charge in [0, 0.05) is 25.9 Å². The molecule has 0 bridgehead atoms. The van der Waals surface area contributed by atoms with Gasteiger partial charge in [0.2, 0.25) is 0 Å². The first-order valence-electron chi connectivity index (χ1n) is 16.6. The van der Waals surface area contributed by atoms with Crippen LogP contribution in [0.25, 0.3) is 0 Å². The summed E-state index contributed by atoms with van der Waals surface area (Å²) in [7, 11) is 0. The van der Waals surface area contributed by atoms with Crippen LogP contribution < -0.4 is 0 Å². The Bertz CT molecular complexity index is 571. The zero-order valence-electron chi connectivity index (χ0n) is 26.2. The van der Waals surface area contributed by atoms with Crippen LogP contribution in [0.5, 0.6) is 0 Å². The normalized spacial score (nSPS) is 11.7. The quantitative estimate of drug-likeness (QED) is 0.0374. The highest BCUT2D eigenvalue weighted by Gasteiger charge is 2.05. The molecule has 0 fully saturated rings. The smallest absolute Gasteiger partial charge is 0.306 e. The fraction of sp³-hybridized carbons (Fsp3) is 0.824. The van der Waals surface area contributed by atoms with Crippen molar-refractivity contribution in [1.82, 2.24) is 5.12 Å². The van der Waals surface area contributed by atoms with E-state index in [0.717, 1.165) is 82.2 Å². The summed E-state index contributed by atoms with van der Waals surface area (Å²) in [5.41, 5.74) is 0. The van der Waals surface area contributed by atoms with Gasteiger partial charge in [-0.1, -0.05) is 115 Å². The summed E-state index contributed by atoms with van der Waals surface area (Å²) in [4.78, 5) is 23.5. The molecule has 0 aromatic carbocycles. The van der Waals surface area contributed by atoms with E-state index in [0.29, 0.717) is 39.1 Å². The second kappa shape index (κ2) is 31.8. The summed E-state index contributed by atoms with van der Waals surface area (Å²) < 4.78 is 24.4. The predicted molar refractivity (Wildman–Crippen MR) is 166 cm³/mol. The number of halogens is 1. The van der Waals surface area contributed by atoms with Crippen molar-refractivity contribution < 1.29 is 23.5 Å². The van der Waals surface area contributed by atoms with E-state index in [4.69, 9.17) is 9.47 Å². The highest BCUT2D eigenvalue weighted by molar-refractivity contribution is 5.69. The Balaban J connectivity index is 3.40. The standard InChI is InChI=1S/C34H62FNO4/c1-3-5-7-9-11-19-25-31-39-33(37)27-21-15-13-17-23-29-36(35)30-24-18-14-16-22-28-34(38)40-32-26-20-12-10-8-6-4-2/h19-20,25-26H,3-18,21-24,27-32H2,1-2H3/b25-19-,26-20-. The maximum Gasteiger partial charge on any atom is 0.306 e. The topological polar surface area (TPSA) is 55.8 Å². The van der Waals surface area contributed by atoms with Gasteiger partial charge < -0.3 is 9.47 Å². The highest BCUT2D eigenvalue weighted by Crippen LogP contribution is 2.10. The van der Waals surface area contributed by atoms with Crippen molar-refractivity contribution in [2.45, 2.75) is 155 Å². The van der Waals surface area contributed by atoms with E-state index in [-0.39, 0.29) is 11.9 Å². The number of carbonyl (C=O) groups is 2. The molecule has 0 radical (unpaired) electrons. The second-order valence-corrected chi connectivity index (χ2v) is 11.0. The van der Waals surface area contributed by atoms with Gasteiger partial charge in [-0.15, -0.1) is 9.60 Å². The molecular weight excluding hydrogens is 505 g/mol. The van der Waals surface area contributed by atoms with Gasteiger partial charge in [0.25, 0.3) is 0 Å². The van der Waals surface area contributed by atoms with Crippen LogP contribution in [0.2, 0.25) is 0 Å². The molecule has 0 N–H and O–H groups in total. The first-order chi connectivity index (χ1) is 19.6. The molecule has 40 heavy (non-hydrogen) atoms. The molecule has 0 amide bonds. The molecule has 0 saturated carbocycles. The molecule has 5 nitrogen and oxygen atoms in total. The van der Waals surface area contributed by atoms with Gasteiger partial charge in [-0.05, 0) is 51.4 Å². The van der Waals surface area contributed by atoms with Crippen LogP contribution in [0.15, 0.2) is 24.3 Å². The van der Waals surface area contributed by atoms with Crippen molar-refractivity contribution in [3.63, 3.8) is 0 Å². The first kappa shape index (κ1) is 38.3. The average molecular weight is 568 g/mol. The zero-order valence-corrected chi connectivity index (χ0v) is 26.2. The van der Waals surface area contributed by atoms with Gasteiger partial charge in [-0.3, -0.25) is 9.59 Å². The molecule has 0 unspecified atom stereocenters. The molecule has 0 aromatic heterocycles. The largest absolute Gasteiger partial charge is 0.461 e. The van der Waals surface area contributed by atoms with E-state index in [1.165, 1.54) is 51.4 Å². The minimum absolute atomic E-state index is 0.123. The van der Waals surface area contributed by atoms with E-state index >= 15 is 0 Å². The number of allylic oxidation sites excluding steroid dienone is 2. The molecule has 0 saturated heterocycles. The molecule has 234 valence electrons. The fourth-order valence-electron chi connectivity index (χ4n) is 4.45. The van der Waals surface area contributed by atoms with E-state index < -0.39 is 0 Å². The number of hydrogen-bond acceptors (Lipinski definition) is 5. The Hall–Kier alpha value is -1.69. The Kier molecular flexibility index (Phi) is 30.5. The summed E-state index contributed by atoms with van der Waals surface area (Å²) >= 11 is 0. The van der Waals surface area contributed by atoms with Gasteiger partial charge in [-0.25, -0.2) is 0 Å². The Morgan fingerprint density at radius 2 is 0.900 bits per heavy atom. The van der Waals surface area contributed by atoms with Gasteiger partial charge >= 0.3 is 11.9 Å². The summed E-state index contributed by atoms with van der Waals surface area (Å²) in [6.07, 6.45) is 30.5. The lowest BCUT2D eigenvalue weighted by molar-refractivity contribution is -0.143. The van der Waals surface area contributed by atoms with Crippen LogP contribution >= 0.6 is 0 Å². The third-order valence-electron chi connectivity index (χ3n) is 7.03. The minimum atomic E-state index is -0.123. The summed E-state index contributed by atoms with van der Waals surface area (Å²) in [6, 6.07) is 0. The van der Waals surface area contributed by atoms with E-state index in [2.05, 4.69) is 26.0 Å². The summed E-state index contributed by atoms with van der Waals surface area (Å²) in [6.45, 7) is 6.13. The van der Waals surface area contributed by atoms with E-state index in [9.17, 15) is 14.1 Å². The van der Waals surface area contributed by atoms with E-state index in [1.54, 1.807) is 0 Å². The van der Waals surface area contributed by atoms with Crippen molar-refractivity contribution >= 4 is 11.9 Å². The van der Waals surface area contributed by atoms with Gasteiger partial charge in [-0.2, -0.15) is 0 Å². The third-order valence-corrected chi connectivity index (χ3v) is 7.03. The summed E-state index contributed by atoms with van der Waals surface area (Å²) in [5.74, 6) is -0.247. The average Bonchev–Trinajstić information content (AvgIpc) is 2.94. The van der Waals surface area contributed by atoms with Crippen molar-refractivity contribution in [3.05, 3.63) is 24.3 Å². The second-order valence-electron chi connectivity index (χ2n) is 11.0. The summed E-state index contributed by atoms with van der Waals surface area (Å²) in [5, 5.41) is 0.934. The molecule has 0 heterocycles. The number of unbranched alkanes of at least 4 members (excludes halogenated alkanes) is 16. The molecule has 0 spiro atoms. The van der Waals surface area contributed by atoms with Gasteiger partial charge in [0.1, 0.15) is 13.2 Å². The zero-order chi connectivity index (χ0) is 29.4. The molecule has 0 aromatic rings. The Labute approximate surface area is 246 Å². The predicted octanol–water partition coefficient (Wildman–Crippen LogP) is 9.99. The van der Waals surface area contributed by atoms with Crippen LogP contribution in [0.3, 0.4) is 0 Å². The van der Waals surface area contributed by atoms with Crippen molar-refractivity contribution in [2.24, 2.45) is 0 Å². The lowest BCUT2D eigenvalue weighted by atomic mass is 10.1. The van der Waals surface area contributed by atoms with Gasteiger partial charge in [0.15, 0.2) is 0 Å². The Morgan fingerprint density at radius 3 is 1.32 bits per heavy atom. The van der Waals surface area contributed by atoms with Crippen LogP contribution in [0.4, 0.5) is 4.48 Å². The molecule has 0 atom stereocenters. The maximum atomic E-state index is 14.0. The maximum absolute atomic E-state index is 14.0. The Morgan fingerprint density at radius 1 is 0.525 bits per heavy atom. The number of ether oxygens (including phenoxy) is 2. The van der Waals surface area contributed by atoms with Crippen molar-refractivity contribution in [3.8, 4) is 0 Å². The van der Waals surface area contributed by atoms with Gasteiger partial charge in [0.05, 0.1) is 0 Å². The third kappa shape index (κ3) is 30.8. The van der Waals surface area contributed by atoms with Crippen LogP contribution in [0, 0.1) is 0 Å². The molecule has 0 aliphatic carbocycles. The molecular formula is C34H62FNO4. The van der Waals surface area contributed by atoms with Crippen LogP contribution in [-0.4, -0.2) is 43.4 Å². The molecule has 0 rings (SSSR count). The molecule has 0 aliphatic rings. The number of carbonyl (C=O) groups excluding carboxylic acids is 2. The van der Waals surface area contributed by atoms with Crippen LogP contribution in [0.1, 0.15) is 155 Å². The minimum Gasteiger partial charge on any atom is -0.461 e. The fourth-order valence-corrected chi connectivity index (χ4v) is 4.45. The van der Waals surface area contributed by atoms with Crippen molar-refractivity contribution in [1.29, 1.82) is 0 Å². The molecule has 0 aliphatic heterocycles. The number of rotatable bonds is 30. The lowest BCUT2D eigenvalue weighted by Gasteiger charge is -2.11. The number of nitrogens with zero attached hydrogens (tertiary/aromatic N) is 1. The molecule has 6 heteroatoms. The van der Waals surface area contributed by atoms with Crippen molar-refractivity contribution in [2.75, 3.05) is 26.3 Å². The monoisotopic (exact) mass is 567 g/mol. The highest BCUT2D eigenvalue weighted by atomic mass is 19.2. The lowest BCUT2D eigenvalue weighted by Crippen LogP contribution is -2.16. The van der Waals surface area contributed by atoms with E-state index in [1.807, 2.05) is 12.2 Å².